The van der Waals surface area contributed by atoms with Crippen LogP contribution in [-0.2, 0) is 6.42 Å². The number of rotatable bonds is 2. The summed E-state index contributed by atoms with van der Waals surface area (Å²) in [5, 5.41) is 2.27. The molecule has 1 heterocycles. The predicted octanol–water partition coefficient (Wildman–Crippen LogP) is 1.54. The second-order valence-corrected chi connectivity index (χ2v) is 2.94. The van der Waals surface area contributed by atoms with E-state index in [1.54, 1.807) is 17.7 Å². The highest BCUT2D eigenvalue weighted by molar-refractivity contribution is 7.23. The van der Waals surface area contributed by atoms with Crippen molar-refractivity contribution in [2.24, 2.45) is 0 Å². The molecule has 1 rings (SSSR count). The SMILES string of the molecule is C=CCc1ncc[s+]1[O-]. The Morgan fingerprint density at radius 1 is 1.89 bits per heavy atom. The largest absolute Gasteiger partial charge is 0.589 e. The van der Waals surface area contributed by atoms with E-state index in [1.165, 1.54) is 0 Å². The average molecular weight is 141 g/mol. The molecule has 0 saturated carbocycles. The number of allylic oxidation sites excluding steroid dienone is 1. The summed E-state index contributed by atoms with van der Waals surface area (Å²) in [4.78, 5) is 3.87. The first kappa shape index (κ1) is 6.45. The van der Waals surface area contributed by atoms with Crippen LogP contribution >= 0.6 is 10.8 Å². The van der Waals surface area contributed by atoms with Crippen molar-refractivity contribution in [1.29, 1.82) is 0 Å². The maximum Gasteiger partial charge on any atom is 0.244 e. The third kappa shape index (κ3) is 1.37. The molecule has 0 saturated heterocycles. The molecular weight excluding hydrogens is 134 g/mol. The Kier molecular flexibility index (Phi) is 1.97. The first-order chi connectivity index (χ1) is 4.34. The van der Waals surface area contributed by atoms with E-state index < -0.39 is 10.8 Å². The Morgan fingerprint density at radius 3 is 3.11 bits per heavy atom. The van der Waals surface area contributed by atoms with Crippen molar-refractivity contribution in [2.75, 3.05) is 0 Å². The summed E-state index contributed by atoms with van der Waals surface area (Å²) in [7, 11) is -0.962. The fourth-order valence-electron chi connectivity index (χ4n) is 0.558. The molecule has 0 aliphatic rings. The van der Waals surface area contributed by atoms with Gasteiger partial charge in [-0.15, -0.1) is 6.58 Å². The van der Waals surface area contributed by atoms with E-state index >= 15 is 0 Å². The molecule has 0 fully saturated rings. The summed E-state index contributed by atoms with van der Waals surface area (Å²) < 4.78 is 10.8. The van der Waals surface area contributed by atoms with Crippen LogP contribution < -0.4 is 0 Å². The van der Waals surface area contributed by atoms with Gasteiger partial charge in [0, 0.05) is 0 Å². The summed E-state index contributed by atoms with van der Waals surface area (Å²) in [6.07, 6.45) is 3.89. The highest BCUT2D eigenvalue weighted by atomic mass is 32.2. The van der Waals surface area contributed by atoms with E-state index in [1.807, 2.05) is 0 Å². The first-order valence-electron chi connectivity index (χ1n) is 2.59. The van der Waals surface area contributed by atoms with E-state index in [4.69, 9.17) is 0 Å². The smallest absolute Gasteiger partial charge is 0.244 e. The minimum Gasteiger partial charge on any atom is -0.589 e. The molecule has 0 spiro atoms. The topological polar surface area (TPSA) is 36.0 Å². The molecule has 0 aliphatic heterocycles. The maximum absolute atomic E-state index is 10.8. The Balaban J connectivity index is 2.80. The second-order valence-electron chi connectivity index (χ2n) is 1.60. The van der Waals surface area contributed by atoms with Crippen molar-refractivity contribution in [1.82, 2.24) is 4.98 Å². The molecule has 0 radical (unpaired) electrons. The van der Waals surface area contributed by atoms with Gasteiger partial charge in [0.05, 0.1) is 12.6 Å². The van der Waals surface area contributed by atoms with Crippen LogP contribution in [0.4, 0.5) is 0 Å². The lowest BCUT2D eigenvalue weighted by Crippen LogP contribution is -1.77. The maximum atomic E-state index is 10.8. The number of hydrogen-bond acceptors (Lipinski definition) is 2. The van der Waals surface area contributed by atoms with Gasteiger partial charge in [0.15, 0.2) is 5.38 Å². The van der Waals surface area contributed by atoms with Crippen molar-refractivity contribution < 1.29 is 4.55 Å². The van der Waals surface area contributed by atoms with E-state index in [2.05, 4.69) is 11.6 Å². The summed E-state index contributed by atoms with van der Waals surface area (Å²) in [6, 6.07) is 0. The quantitative estimate of drug-likeness (QED) is 0.462. The van der Waals surface area contributed by atoms with Crippen LogP contribution in [0.25, 0.3) is 0 Å². The minimum atomic E-state index is -0.962. The van der Waals surface area contributed by atoms with E-state index in [-0.39, 0.29) is 0 Å². The van der Waals surface area contributed by atoms with Crippen LogP contribution in [0.15, 0.2) is 24.2 Å². The highest BCUT2D eigenvalue weighted by Gasteiger charge is 2.01. The molecule has 3 heteroatoms. The van der Waals surface area contributed by atoms with Crippen LogP contribution in [0.5, 0.6) is 0 Å². The molecular formula is C6H7NOS. The zero-order chi connectivity index (χ0) is 6.69. The van der Waals surface area contributed by atoms with Crippen molar-refractivity contribution >= 4 is 10.8 Å². The molecule has 1 aromatic rings. The number of nitrogens with zero attached hydrogens (tertiary/aromatic N) is 1. The summed E-state index contributed by atoms with van der Waals surface area (Å²) in [5.74, 6) is 0. The van der Waals surface area contributed by atoms with Gasteiger partial charge in [-0.2, -0.15) is 0 Å². The number of hydrogen-bond donors (Lipinski definition) is 0. The van der Waals surface area contributed by atoms with Crippen molar-refractivity contribution in [2.45, 2.75) is 6.42 Å². The Hall–Kier alpha value is -0.670. The van der Waals surface area contributed by atoms with Gasteiger partial charge in [-0.05, 0) is 10.8 Å². The predicted molar refractivity (Wildman–Crippen MR) is 36.8 cm³/mol. The third-order valence-electron chi connectivity index (χ3n) is 0.954. The first-order valence-corrected chi connectivity index (χ1v) is 3.80. The fourth-order valence-corrected chi connectivity index (χ4v) is 1.33. The van der Waals surface area contributed by atoms with Crippen molar-refractivity contribution in [3.05, 3.63) is 29.2 Å². The molecule has 1 unspecified atom stereocenters. The normalized spacial score (nSPS) is 11.4. The Bertz CT molecular complexity index is 207. The molecule has 1 atom stereocenters. The van der Waals surface area contributed by atoms with E-state index in [0.717, 1.165) is 0 Å². The molecule has 1 aromatic heterocycles. The molecule has 0 aromatic carbocycles. The fraction of sp³-hybridized carbons (Fsp3) is 0.167. The van der Waals surface area contributed by atoms with Crippen molar-refractivity contribution in [3.63, 3.8) is 0 Å². The molecule has 48 valence electrons. The van der Waals surface area contributed by atoms with Crippen LogP contribution in [0.2, 0.25) is 0 Å². The Labute approximate surface area is 56.7 Å². The lowest BCUT2D eigenvalue weighted by atomic mass is 10.4. The summed E-state index contributed by atoms with van der Waals surface area (Å²) in [6.45, 7) is 3.52. The zero-order valence-electron chi connectivity index (χ0n) is 4.91. The molecule has 9 heavy (non-hydrogen) atoms. The molecule has 0 aliphatic carbocycles. The minimum absolute atomic E-state index is 0.625. The zero-order valence-corrected chi connectivity index (χ0v) is 5.73. The molecule has 0 bridgehead atoms. The van der Waals surface area contributed by atoms with Gasteiger partial charge in [-0.1, -0.05) is 6.08 Å². The van der Waals surface area contributed by atoms with Gasteiger partial charge in [-0.3, -0.25) is 0 Å². The molecule has 0 amide bonds. The van der Waals surface area contributed by atoms with Gasteiger partial charge in [-0.25, -0.2) is 4.98 Å². The lowest BCUT2D eigenvalue weighted by molar-refractivity contribution is 0.595. The van der Waals surface area contributed by atoms with Gasteiger partial charge in [0.2, 0.25) is 5.01 Å². The van der Waals surface area contributed by atoms with E-state index in [0.29, 0.717) is 11.4 Å². The number of aromatic nitrogens is 1. The third-order valence-corrected chi connectivity index (χ3v) is 2.06. The summed E-state index contributed by atoms with van der Waals surface area (Å²) >= 11 is 0. The molecule has 0 N–H and O–H groups in total. The van der Waals surface area contributed by atoms with Gasteiger partial charge in [0.1, 0.15) is 0 Å². The van der Waals surface area contributed by atoms with E-state index in [9.17, 15) is 4.55 Å². The number of thiazole rings is 1. The van der Waals surface area contributed by atoms with Gasteiger partial charge >= 0.3 is 0 Å². The van der Waals surface area contributed by atoms with Gasteiger partial charge < -0.3 is 4.55 Å². The highest BCUT2D eigenvalue weighted by Crippen LogP contribution is 2.16. The monoisotopic (exact) mass is 141 g/mol. The van der Waals surface area contributed by atoms with Crippen LogP contribution in [-0.4, -0.2) is 9.54 Å². The van der Waals surface area contributed by atoms with Crippen molar-refractivity contribution in [3.8, 4) is 0 Å². The lowest BCUT2D eigenvalue weighted by Gasteiger charge is -1.87. The average Bonchev–Trinajstić information content (AvgIpc) is 2.18. The van der Waals surface area contributed by atoms with Gasteiger partial charge in [0.25, 0.3) is 0 Å². The second kappa shape index (κ2) is 2.75. The Morgan fingerprint density at radius 2 is 2.67 bits per heavy atom. The van der Waals surface area contributed by atoms with Crippen LogP contribution in [0.1, 0.15) is 5.01 Å². The van der Waals surface area contributed by atoms with Crippen LogP contribution in [0, 0.1) is 0 Å². The molecule has 2 nitrogen and oxygen atoms in total. The van der Waals surface area contributed by atoms with Crippen LogP contribution in [0.3, 0.4) is 0 Å². The standard InChI is InChI=1S/C6H7NOS/c1-2-3-6-7-4-5-9(6)8/h2,4-5H,1,3H2. The summed E-state index contributed by atoms with van der Waals surface area (Å²) in [5.41, 5.74) is 0.